The summed E-state index contributed by atoms with van der Waals surface area (Å²) in [5, 5.41) is 3.48. The second kappa shape index (κ2) is 5.69. The molecule has 0 atom stereocenters. The fourth-order valence-corrected chi connectivity index (χ4v) is 2.01. The Morgan fingerprint density at radius 1 is 1.12 bits per heavy atom. The molecule has 0 aliphatic heterocycles. The number of aryl methyl sites for hydroxylation is 2. The summed E-state index contributed by atoms with van der Waals surface area (Å²) in [6, 6.07) is 12.8. The van der Waals surface area contributed by atoms with Gasteiger partial charge in [0.1, 0.15) is 0 Å². The van der Waals surface area contributed by atoms with E-state index < -0.39 is 0 Å². The van der Waals surface area contributed by atoms with Crippen molar-refractivity contribution in [2.45, 2.75) is 19.9 Å². The first-order valence-electron chi connectivity index (χ1n) is 6.13. The molecule has 0 amide bonds. The molecule has 0 spiro atoms. The maximum absolute atomic E-state index is 3.48. The zero-order valence-corrected chi connectivity index (χ0v) is 10.6. The van der Waals surface area contributed by atoms with Crippen LogP contribution in [0.5, 0.6) is 0 Å². The molecule has 0 saturated heterocycles. The number of hydrogen-bond acceptors (Lipinski definition) is 1. The van der Waals surface area contributed by atoms with E-state index in [-0.39, 0.29) is 0 Å². The molecule has 17 heavy (non-hydrogen) atoms. The quantitative estimate of drug-likeness (QED) is 0.779. The fourth-order valence-electron chi connectivity index (χ4n) is 2.01. The number of aromatic nitrogens is 1. The van der Waals surface area contributed by atoms with Crippen LogP contribution in [0.2, 0.25) is 0 Å². The molecule has 0 unspecified atom stereocenters. The summed E-state index contributed by atoms with van der Waals surface area (Å²) in [4.78, 5) is 0. The van der Waals surface area contributed by atoms with Gasteiger partial charge in [0.25, 0.3) is 0 Å². The van der Waals surface area contributed by atoms with Crippen molar-refractivity contribution in [1.82, 2.24) is 9.88 Å². The summed E-state index contributed by atoms with van der Waals surface area (Å²) in [6.45, 7) is 4.14. The van der Waals surface area contributed by atoms with E-state index in [1.807, 2.05) is 0 Å². The van der Waals surface area contributed by atoms with E-state index in [0.717, 1.165) is 19.5 Å². The predicted molar refractivity (Wildman–Crippen MR) is 72.0 cm³/mol. The standard InChI is InChI=1S/C15H20N2/c1-13-6-3-4-7-14(13)9-10-16-12-15-8-5-11-17(15)2/h3-8,11,16H,9-10,12H2,1-2H3. The van der Waals surface area contributed by atoms with Gasteiger partial charge in [-0.15, -0.1) is 0 Å². The lowest BCUT2D eigenvalue weighted by Crippen LogP contribution is -2.18. The summed E-state index contributed by atoms with van der Waals surface area (Å²) in [5.41, 5.74) is 4.15. The molecule has 0 saturated carbocycles. The monoisotopic (exact) mass is 228 g/mol. The van der Waals surface area contributed by atoms with Crippen LogP contribution in [0.25, 0.3) is 0 Å². The molecule has 1 aromatic carbocycles. The average molecular weight is 228 g/mol. The van der Waals surface area contributed by atoms with E-state index in [1.54, 1.807) is 0 Å². The van der Waals surface area contributed by atoms with Gasteiger partial charge in [-0.05, 0) is 43.1 Å². The van der Waals surface area contributed by atoms with Crippen LogP contribution < -0.4 is 5.32 Å². The van der Waals surface area contributed by atoms with Crippen LogP contribution in [0.4, 0.5) is 0 Å². The molecule has 90 valence electrons. The second-order valence-electron chi connectivity index (χ2n) is 4.46. The minimum atomic E-state index is 0.940. The van der Waals surface area contributed by atoms with E-state index in [4.69, 9.17) is 0 Å². The molecule has 2 nitrogen and oxygen atoms in total. The van der Waals surface area contributed by atoms with Crippen molar-refractivity contribution in [1.29, 1.82) is 0 Å². The SMILES string of the molecule is Cc1ccccc1CCNCc1cccn1C. The zero-order chi connectivity index (χ0) is 12.1. The van der Waals surface area contributed by atoms with Crippen molar-refractivity contribution in [3.8, 4) is 0 Å². The van der Waals surface area contributed by atoms with E-state index in [0.29, 0.717) is 0 Å². The maximum atomic E-state index is 3.48. The van der Waals surface area contributed by atoms with Gasteiger partial charge in [-0.25, -0.2) is 0 Å². The molecule has 2 rings (SSSR count). The van der Waals surface area contributed by atoms with E-state index in [2.05, 4.69) is 66.5 Å². The van der Waals surface area contributed by atoms with Crippen molar-refractivity contribution >= 4 is 0 Å². The summed E-state index contributed by atoms with van der Waals surface area (Å²) < 4.78 is 2.15. The van der Waals surface area contributed by atoms with Crippen LogP contribution in [-0.2, 0) is 20.0 Å². The number of rotatable bonds is 5. The van der Waals surface area contributed by atoms with Crippen LogP contribution in [0.3, 0.4) is 0 Å². The molecule has 1 aromatic heterocycles. The Morgan fingerprint density at radius 2 is 1.94 bits per heavy atom. The third-order valence-corrected chi connectivity index (χ3v) is 3.19. The van der Waals surface area contributed by atoms with Crippen LogP contribution in [0, 0.1) is 6.92 Å². The number of hydrogen-bond donors (Lipinski definition) is 1. The zero-order valence-electron chi connectivity index (χ0n) is 10.6. The molecule has 0 fully saturated rings. The van der Waals surface area contributed by atoms with Gasteiger partial charge in [0.2, 0.25) is 0 Å². The first-order chi connectivity index (χ1) is 8.27. The highest BCUT2D eigenvalue weighted by molar-refractivity contribution is 5.25. The Hall–Kier alpha value is -1.54. The average Bonchev–Trinajstić information content (AvgIpc) is 2.73. The third kappa shape index (κ3) is 3.21. The van der Waals surface area contributed by atoms with Gasteiger partial charge < -0.3 is 9.88 Å². The van der Waals surface area contributed by atoms with Crippen molar-refractivity contribution < 1.29 is 0 Å². The van der Waals surface area contributed by atoms with E-state index >= 15 is 0 Å². The van der Waals surface area contributed by atoms with Gasteiger partial charge in [-0.3, -0.25) is 0 Å². The Morgan fingerprint density at radius 3 is 2.65 bits per heavy atom. The third-order valence-electron chi connectivity index (χ3n) is 3.19. The van der Waals surface area contributed by atoms with Crippen LogP contribution in [0.1, 0.15) is 16.8 Å². The highest BCUT2D eigenvalue weighted by Crippen LogP contribution is 2.07. The van der Waals surface area contributed by atoms with Gasteiger partial charge in [0.15, 0.2) is 0 Å². The number of nitrogens with zero attached hydrogens (tertiary/aromatic N) is 1. The molecule has 0 radical (unpaired) electrons. The van der Waals surface area contributed by atoms with Crippen molar-refractivity contribution in [3.05, 3.63) is 59.4 Å². The van der Waals surface area contributed by atoms with Gasteiger partial charge >= 0.3 is 0 Å². The summed E-state index contributed by atoms with van der Waals surface area (Å²) in [5.74, 6) is 0. The molecular formula is C15H20N2. The van der Waals surface area contributed by atoms with Crippen LogP contribution >= 0.6 is 0 Å². The molecule has 1 N–H and O–H groups in total. The molecule has 0 aliphatic carbocycles. The predicted octanol–water partition coefficient (Wildman–Crippen LogP) is 2.67. The second-order valence-corrected chi connectivity index (χ2v) is 4.46. The molecule has 2 aromatic rings. The van der Waals surface area contributed by atoms with Gasteiger partial charge in [0, 0.05) is 25.5 Å². The smallest absolute Gasteiger partial charge is 0.0359 e. The molecule has 1 heterocycles. The molecule has 0 bridgehead atoms. The number of benzene rings is 1. The van der Waals surface area contributed by atoms with Crippen molar-refractivity contribution in [3.63, 3.8) is 0 Å². The highest BCUT2D eigenvalue weighted by Gasteiger charge is 1.98. The Labute approximate surface area is 103 Å². The highest BCUT2D eigenvalue weighted by atomic mass is 15.0. The first kappa shape index (κ1) is 11.9. The van der Waals surface area contributed by atoms with Crippen LogP contribution in [-0.4, -0.2) is 11.1 Å². The molecule has 2 heteroatoms. The Kier molecular flexibility index (Phi) is 3.99. The van der Waals surface area contributed by atoms with Gasteiger partial charge in [-0.2, -0.15) is 0 Å². The minimum absolute atomic E-state index is 0.940. The Balaban J connectivity index is 1.77. The summed E-state index contributed by atoms with van der Waals surface area (Å²) in [6.07, 6.45) is 3.18. The Bertz CT molecular complexity index is 471. The lowest BCUT2D eigenvalue weighted by Gasteiger charge is -2.08. The summed E-state index contributed by atoms with van der Waals surface area (Å²) >= 11 is 0. The summed E-state index contributed by atoms with van der Waals surface area (Å²) in [7, 11) is 2.08. The van der Waals surface area contributed by atoms with Crippen molar-refractivity contribution in [2.75, 3.05) is 6.54 Å². The lowest BCUT2D eigenvalue weighted by atomic mass is 10.1. The minimum Gasteiger partial charge on any atom is -0.353 e. The molecule has 0 aliphatic rings. The molecular weight excluding hydrogens is 208 g/mol. The van der Waals surface area contributed by atoms with E-state index in [1.165, 1.54) is 16.8 Å². The normalized spacial score (nSPS) is 10.7. The van der Waals surface area contributed by atoms with Gasteiger partial charge in [-0.1, -0.05) is 24.3 Å². The topological polar surface area (TPSA) is 17.0 Å². The van der Waals surface area contributed by atoms with E-state index in [9.17, 15) is 0 Å². The maximum Gasteiger partial charge on any atom is 0.0359 e. The van der Waals surface area contributed by atoms with Crippen molar-refractivity contribution in [2.24, 2.45) is 7.05 Å². The van der Waals surface area contributed by atoms with Gasteiger partial charge in [0.05, 0.1) is 0 Å². The van der Waals surface area contributed by atoms with Crippen LogP contribution in [0.15, 0.2) is 42.6 Å². The fraction of sp³-hybridized carbons (Fsp3) is 0.333. The lowest BCUT2D eigenvalue weighted by molar-refractivity contribution is 0.652. The number of nitrogens with one attached hydrogen (secondary N) is 1. The first-order valence-corrected chi connectivity index (χ1v) is 6.13. The largest absolute Gasteiger partial charge is 0.353 e.